The van der Waals surface area contributed by atoms with E-state index in [1.807, 2.05) is 17.4 Å². The van der Waals surface area contributed by atoms with Gasteiger partial charge in [-0.3, -0.25) is 0 Å². The zero-order chi connectivity index (χ0) is 35.7. The van der Waals surface area contributed by atoms with Crippen molar-refractivity contribution >= 4 is 70.0 Å². The largest absolute Gasteiger partial charge is 0.310 e. The Morgan fingerprint density at radius 1 is 0.491 bits per heavy atom. The second-order valence-corrected chi connectivity index (χ2v) is 14.5. The van der Waals surface area contributed by atoms with Gasteiger partial charge in [-0.05, 0) is 116 Å². The van der Waals surface area contributed by atoms with Gasteiger partial charge in [0.25, 0.3) is 0 Å². The molecule has 53 heavy (non-hydrogen) atoms. The van der Waals surface area contributed by atoms with E-state index in [0.29, 0.717) is 0 Å². The summed E-state index contributed by atoms with van der Waals surface area (Å²) >= 11 is 1.84. The zero-order valence-electron chi connectivity index (χ0n) is 29.5. The molecule has 0 saturated carbocycles. The van der Waals surface area contributed by atoms with Crippen molar-refractivity contribution in [1.29, 1.82) is 0 Å². The third-order valence-corrected chi connectivity index (χ3v) is 11.3. The van der Waals surface area contributed by atoms with Crippen LogP contribution < -0.4 is 4.90 Å². The van der Waals surface area contributed by atoms with Crippen LogP contribution in [0.3, 0.4) is 0 Å². The summed E-state index contributed by atoms with van der Waals surface area (Å²) in [5, 5.41) is 7.55. The van der Waals surface area contributed by atoms with Gasteiger partial charge in [0.05, 0.1) is 0 Å². The maximum Gasteiger partial charge on any atom is 0.0476 e. The Balaban J connectivity index is 1.17. The van der Waals surface area contributed by atoms with Gasteiger partial charge in [0.15, 0.2) is 0 Å². The topological polar surface area (TPSA) is 3.24 Å². The molecular formula is C51H37NS. The highest BCUT2D eigenvalue weighted by atomic mass is 32.1. The lowest BCUT2D eigenvalue weighted by Crippen LogP contribution is -2.15. The number of thiophene rings is 1. The summed E-state index contributed by atoms with van der Waals surface area (Å²) in [5.41, 5.74) is 10.4. The molecule has 0 amide bonds. The third kappa shape index (κ3) is 6.14. The molecule has 1 heterocycles. The molecule has 0 fully saturated rings. The first-order valence-electron chi connectivity index (χ1n) is 18.0. The Bertz CT molecular complexity index is 2850. The monoisotopic (exact) mass is 695 g/mol. The Hall–Kier alpha value is -6.48. The number of allylic oxidation sites excluding steroid dienone is 4. The van der Waals surface area contributed by atoms with E-state index >= 15 is 0 Å². The number of rotatable bonds is 8. The Kier molecular flexibility index (Phi) is 8.51. The van der Waals surface area contributed by atoms with Crippen molar-refractivity contribution in [3.05, 3.63) is 212 Å². The molecule has 0 aliphatic carbocycles. The van der Waals surface area contributed by atoms with Crippen LogP contribution in [-0.4, -0.2) is 0 Å². The molecule has 0 atom stereocenters. The van der Waals surface area contributed by atoms with Crippen LogP contribution in [0.5, 0.6) is 0 Å². The first-order valence-corrected chi connectivity index (χ1v) is 18.9. The summed E-state index contributed by atoms with van der Waals surface area (Å²) in [7, 11) is 0. The van der Waals surface area contributed by atoms with Gasteiger partial charge in [0.2, 0.25) is 0 Å². The molecule has 0 bridgehead atoms. The van der Waals surface area contributed by atoms with Crippen LogP contribution in [-0.2, 0) is 0 Å². The van der Waals surface area contributed by atoms with Crippen LogP contribution in [0.4, 0.5) is 11.4 Å². The van der Waals surface area contributed by atoms with Gasteiger partial charge in [-0.1, -0.05) is 146 Å². The first-order chi connectivity index (χ1) is 26.1. The van der Waals surface area contributed by atoms with Crippen LogP contribution in [0, 0.1) is 0 Å². The number of hydrogen-bond donors (Lipinski definition) is 0. The quantitative estimate of drug-likeness (QED) is 0.143. The van der Waals surface area contributed by atoms with E-state index in [1.165, 1.54) is 75.1 Å². The maximum absolute atomic E-state index is 4.33. The van der Waals surface area contributed by atoms with Crippen molar-refractivity contribution in [3.63, 3.8) is 0 Å². The molecule has 2 heteroatoms. The number of benzene rings is 8. The number of anilines is 2. The summed E-state index contributed by atoms with van der Waals surface area (Å²) in [5.74, 6) is 0. The molecular weight excluding hydrogens is 659 g/mol. The predicted molar refractivity (Wildman–Crippen MR) is 232 cm³/mol. The van der Waals surface area contributed by atoms with Crippen LogP contribution in [0.2, 0.25) is 0 Å². The fourth-order valence-corrected chi connectivity index (χ4v) is 8.68. The van der Waals surface area contributed by atoms with Gasteiger partial charge in [0.1, 0.15) is 0 Å². The van der Waals surface area contributed by atoms with Gasteiger partial charge in [-0.15, -0.1) is 11.3 Å². The van der Waals surface area contributed by atoms with Crippen LogP contribution in [0.1, 0.15) is 12.5 Å². The average molecular weight is 696 g/mol. The first kappa shape index (κ1) is 32.4. The van der Waals surface area contributed by atoms with Crippen molar-refractivity contribution in [2.75, 3.05) is 4.90 Å². The molecule has 8 aromatic carbocycles. The van der Waals surface area contributed by atoms with Crippen LogP contribution in [0.15, 0.2) is 206 Å². The summed E-state index contributed by atoms with van der Waals surface area (Å²) in [6.45, 7) is 6.52. The van der Waals surface area contributed by atoms with E-state index in [0.717, 1.165) is 17.1 Å². The number of nitrogens with zero attached hydrogens (tertiary/aromatic N) is 1. The fourth-order valence-electron chi connectivity index (χ4n) is 7.54. The Morgan fingerprint density at radius 2 is 1.15 bits per heavy atom. The van der Waals surface area contributed by atoms with Gasteiger partial charge >= 0.3 is 0 Å². The number of hydrogen-bond acceptors (Lipinski definition) is 2. The highest BCUT2D eigenvalue weighted by Gasteiger charge is 2.16. The van der Waals surface area contributed by atoms with E-state index < -0.39 is 0 Å². The van der Waals surface area contributed by atoms with Crippen molar-refractivity contribution in [1.82, 2.24) is 0 Å². The zero-order valence-corrected chi connectivity index (χ0v) is 30.4. The van der Waals surface area contributed by atoms with Crippen LogP contribution in [0.25, 0.3) is 69.5 Å². The lowest BCUT2D eigenvalue weighted by atomic mass is 9.93. The number of fused-ring (bicyclic) bond motifs is 5. The molecule has 0 aliphatic heterocycles. The van der Waals surface area contributed by atoms with Gasteiger partial charge in [-0.2, -0.15) is 0 Å². The molecule has 0 saturated heterocycles. The summed E-state index contributed by atoms with van der Waals surface area (Å²) in [6.07, 6.45) is 6.38. The van der Waals surface area contributed by atoms with E-state index in [4.69, 9.17) is 0 Å². The molecule has 0 unspecified atom stereocenters. The molecule has 9 rings (SSSR count). The molecule has 0 aliphatic rings. The van der Waals surface area contributed by atoms with Crippen molar-refractivity contribution in [2.45, 2.75) is 6.92 Å². The SMILES string of the molecule is C=C/C(=C\C=C(/C)c1cccc2ccccc12)N(c1ccc(-c2cc(-c3ccccc3)cc3ccccc23)cc1)c1ccc2c(c1)sc1ccccc12. The smallest absolute Gasteiger partial charge is 0.0476 e. The Morgan fingerprint density at radius 3 is 1.96 bits per heavy atom. The summed E-state index contributed by atoms with van der Waals surface area (Å²) in [4.78, 5) is 2.33. The molecule has 0 radical (unpaired) electrons. The van der Waals surface area contributed by atoms with Gasteiger partial charge in [-0.25, -0.2) is 0 Å². The van der Waals surface area contributed by atoms with Gasteiger partial charge in [0, 0.05) is 37.2 Å². The average Bonchev–Trinajstić information content (AvgIpc) is 3.60. The lowest BCUT2D eigenvalue weighted by Gasteiger charge is -2.26. The molecule has 0 N–H and O–H groups in total. The Labute approximate surface area is 314 Å². The van der Waals surface area contributed by atoms with E-state index in [1.54, 1.807) is 0 Å². The summed E-state index contributed by atoms with van der Waals surface area (Å²) in [6, 6.07) is 63.6. The highest BCUT2D eigenvalue weighted by Crippen LogP contribution is 2.40. The van der Waals surface area contributed by atoms with Crippen molar-refractivity contribution in [3.8, 4) is 22.3 Å². The van der Waals surface area contributed by atoms with Gasteiger partial charge < -0.3 is 4.90 Å². The van der Waals surface area contributed by atoms with Crippen LogP contribution >= 0.6 is 11.3 Å². The van der Waals surface area contributed by atoms with E-state index in [9.17, 15) is 0 Å². The minimum atomic E-state index is 0.995. The normalized spacial score (nSPS) is 12.2. The fraction of sp³-hybridized carbons (Fsp3) is 0.0196. The molecule has 252 valence electrons. The molecule has 0 spiro atoms. The summed E-state index contributed by atoms with van der Waals surface area (Å²) < 4.78 is 2.56. The molecule has 1 nitrogen and oxygen atoms in total. The van der Waals surface area contributed by atoms with Crippen molar-refractivity contribution in [2.24, 2.45) is 0 Å². The standard InChI is InChI=1S/C51H37NS/c1-3-41(27-24-35(2)44-22-13-18-37-16-7-9-19-45(37)44)52(43-30-31-48-47-21-11-12-23-50(47)53-51(48)34-43)42-28-25-38(26-29-42)49-33-40(36-14-5-4-6-15-36)32-39-17-8-10-20-46(39)49/h3-34H,1H2,2H3/b35-24+,41-27+. The molecule has 1 aromatic heterocycles. The lowest BCUT2D eigenvalue weighted by molar-refractivity contribution is 1.22. The minimum absolute atomic E-state index is 0.995. The third-order valence-electron chi connectivity index (χ3n) is 10.2. The molecule has 9 aromatic rings. The predicted octanol–water partition coefficient (Wildman–Crippen LogP) is 15.0. The second kappa shape index (κ2) is 13.9. The highest BCUT2D eigenvalue weighted by molar-refractivity contribution is 7.25. The van der Waals surface area contributed by atoms with Crippen molar-refractivity contribution < 1.29 is 0 Å². The van der Waals surface area contributed by atoms with E-state index in [-0.39, 0.29) is 0 Å². The second-order valence-electron chi connectivity index (χ2n) is 13.4. The maximum atomic E-state index is 4.33. The van der Waals surface area contributed by atoms with E-state index in [2.05, 4.69) is 206 Å². The minimum Gasteiger partial charge on any atom is -0.310 e.